The summed E-state index contributed by atoms with van der Waals surface area (Å²) in [4.78, 5) is 3.56. The van der Waals surface area contributed by atoms with Crippen LogP contribution in [-0.2, 0) is 0 Å². The van der Waals surface area contributed by atoms with Crippen molar-refractivity contribution in [1.29, 1.82) is 0 Å². The summed E-state index contributed by atoms with van der Waals surface area (Å²) in [7, 11) is 0. The number of aromatic nitrogens is 1. The number of nitrogens with one attached hydrogen (secondary N) is 1. The number of fused-ring (bicyclic) bond motifs is 3. The summed E-state index contributed by atoms with van der Waals surface area (Å²) in [6, 6.07) is 23.6. The quantitative estimate of drug-likeness (QED) is 0.421. The normalized spacial score (nSPS) is 11.2. The van der Waals surface area contributed by atoms with Gasteiger partial charge in [-0.05, 0) is 46.4 Å². The van der Waals surface area contributed by atoms with Gasteiger partial charge in [0.05, 0.1) is 5.52 Å². The molecule has 4 rings (SSSR count). The summed E-state index contributed by atoms with van der Waals surface area (Å²) in [5, 5.41) is 2.58. The average molecular weight is 369 g/mol. The topological polar surface area (TPSA) is 15.8 Å². The van der Waals surface area contributed by atoms with Crippen molar-refractivity contribution in [3.05, 3.63) is 70.3 Å². The maximum absolute atomic E-state index is 3.56. The van der Waals surface area contributed by atoms with Crippen molar-refractivity contribution < 1.29 is 0 Å². The van der Waals surface area contributed by atoms with Crippen LogP contribution in [0.5, 0.6) is 0 Å². The van der Waals surface area contributed by atoms with Crippen LogP contribution in [0.2, 0.25) is 0 Å². The second-order valence-corrected chi connectivity index (χ2v) is 6.15. The maximum Gasteiger partial charge on any atom is 0.0544 e. The number of halogens is 1. The first-order chi connectivity index (χ1) is 9.83. The molecule has 20 heavy (non-hydrogen) atoms. The van der Waals surface area contributed by atoms with Gasteiger partial charge in [-0.1, -0.05) is 48.5 Å². The minimum absolute atomic E-state index is 1.19. The molecule has 2 heteroatoms. The van der Waals surface area contributed by atoms with Gasteiger partial charge in [0.15, 0.2) is 0 Å². The SMILES string of the molecule is Ic1ccc(-c2cccc3c2[nH]c2ccccc23)cc1. The molecule has 0 aliphatic rings. The Kier molecular flexibility index (Phi) is 2.77. The van der Waals surface area contributed by atoms with Crippen LogP contribution in [0, 0.1) is 3.57 Å². The molecule has 1 N–H and O–H groups in total. The lowest BCUT2D eigenvalue weighted by Crippen LogP contribution is -1.80. The molecule has 0 aliphatic carbocycles. The van der Waals surface area contributed by atoms with Crippen molar-refractivity contribution >= 4 is 44.4 Å². The molecule has 0 aliphatic heterocycles. The maximum atomic E-state index is 3.56. The summed E-state index contributed by atoms with van der Waals surface area (Å²) < 4.78 is 1.26. The van der Waals surface area contributed by atoms with Gasteiger partial charge in [0.2, 0.25) is 0 Å². The zero-order valence-corrected chi connectivity index (χ0v) is 12.9. The highest BCUT2D eigenvalue weighted by molar-refractivity contribution is 14.1. The van der Waals surface area contributed by atoms with Crippen LogP contribution in [0.25, 0.3) is 32.9 Å². The second kappa shape index (κ2) is 4.63. The Balaban J connectivity index is 2.07. The van der Waals surface area contributed by atoms with E-state index >= 15 is 0 Å². The first-order valence-corrected chi connectivity index (χ1v) is 7.66. The highest BCUT2D eigenvalue weighted by Crippen LogP contribution is 2.33. The van der Waals surface area contributed by atoms with Crippen molar-refractivity contribution in [2.45, 2.75) is 0 Å². The van der Waals surface area contributed by atoms with Gasteiger partial charge in [0, 0.05) is 25.4 Å². The Hall–Kier alpha value is -1.81. The van der Waals surface area contributed by atoms with E-state index in [0.29, 0.717) is 0 Å². The highest BCUT2D eigenvalue weighted by atomic mass is 127. The minimum atomic E-state index is 1.19. The monoisotopic (exact) mass is 369 g/mol. The van der Waals surface area contributed by atoms with E-state index in [1.165, 1.54) is 36.5 Å². The number of H-pyrrole nitrogens is 1. The molecule has 4 aromatic rings. The Labute approximate surface area is 130 Å². The summed E-state index contributed by atoms with van der Waals surface area (Å²) >= 11 is 2.34. The Morgan fingerprint density at radius 2 is 1.45 bits per heavy atom. The third-order valence-corrected chi connectivity index (χ3v) is 4.42. The zero-order chi connectivity index (χ0) is 13.5. The van der Waals surface area contributed by atoms with Crippen LogP contribution in [-0.4, -0.2) is 4.98 Å². The molecule has 0 atom stereocenters. The molecule has 1 aromatic heterocycles. The number of rotatable bonds is 1. The molecule has 0 unspecified atom stereocenters. The van der Waals surface area contributed by atoms with Crippen LogP contribution in [0.3, 0.4) is 0 Å². The number of aromatic amines is 1. The summed E-state index contributed by atoms with van der Waals surface area (Å²) in [6.07, 6.45) is 0. The molecule has 3 aromatic carbocycles. The Morgan fingerprint density at radius 1 is 0.700 bits per heavy atom. The molecule has 0 saturated carbocycles. The molecular formula is C18H12IN. The lowest BCUT2D eigenvalue weighted by molar-refractivity contribution is 1.53. The van der Waals surface area contributed by atoms with Gasteiger partial charge in [0.25, 0.3) is 0 Å². The summed E-state index contributed by atoms with van der Waals surface area (Å²) in [5.41, 5.74) is 4.92. The molecule has 96 valence electrons. The third kappa shape index (κ3) is 1.83. The van der Waals surface area contributed by atoms with Gasteiger partial charge in [-0.2, -0.15) is 0 Å². The molecule has 0 fully saturated rings. The lowest BCUT2D eigenvalue weighted by atomic mass is 10.0. The second-order valence-electron chi connectivity index (χ2n) is 4.91. The van der Waals surface area contributed by atoms with E-state index in [9.17, 15) is 0 Å². The number of benzene rings is 3. The predicted molar refractivity (Wildman–Crippen MR) is 94.0 cm³/mol. The Bertz CT molecular complexity index is 904. The molecule has 0 radical (unpaired) electrons. The van der Waals surface area contributed by atoms with Crippen molar-refractivity contribution in [1.82, 2.24) is 4.98 Å². The largest absolute Gasteiger partial charge is 0.354 e. The smallest absolute Gasteiger partial charge is 0.0544 e. The first-order valence-electron chi connectivity index (χ1n) is 6.58. The van der Waals surface area contributed by atoms with Crippen LogP contribution in [0.4, 0.5) is 0 Å². The molecule has 0 saturated heterocycles. The number of para-hydroxylation sites is 2. The molecular weight excluding hydrogens is 357 g/mol. The van der Waals surface area contributed by atoms with E-state index in [4.69, 9.17) is 0 Å². The number of hydrogen-bond acceptors (Lipinski definition) is 0. The van der Waals surface area contributed by atoms with E-state index in [2.05, 4.69) is 94.3 Å². The number of hydrogen-bond donors (Lipinski definition) is 1. The average Bonchev–Trinajstić information content (AvgIpc) is 2.87. The zero-order valence-electron chi connectivity index (χ0n) is 10.7. The molecule has 1 heterocycles. The van der Waals surface area contributed by atoms with E-state index in [0.717, 1.165) is 0 Å². The molecule has 1 nitrogen and oxygen atoms in total. The minimum Gasteiger partial charge on any atom is -0.354 e. The van der Waals surface area contributed by atoms with Crippen molar-refractivity contribution in [2.75, 3.05) is 0 Å². The third-order valence-electron chi connectivity index (χ3n) is 3.70. The van der Waals surface area contributed by atoms with Gasteiger partial charge in [-0.3, -0.25) is 0 Å². The van der Waals surface area contributed by atoms with Crippen molar-refractivity contribution in [2.24, 2.45) is 0 Å². The predicted octanol–water partition coefficient (Wildman–Crippen LogP) is 5.59. The van der Waals surface area contributed by atoms with Crippen LogP contribution < -0.4 is 0 Å². The van der Waals surface area contributed by atoms with Gasteiger partial charge in [0.1, 0.15) is 0 Å². The van der Waals surface area contributed by atoms with Crippen molar-refractivity contribution in [3.8, 4) is 11.1 Å². The molecule has 0 bridgehead atoms. The fourth-order valence-corrected chi connectivity index (χ4v) is 3.10. The molecule has 0 spiro atoms. The van der Waals surface area contributed by atoms with Gasteiger partial charge >= 0.3 is 0 Å². The highest BCUT2D eigenvalue weighted by Gasteiger charge is 2.08. The van der Waals surface area contributed by atoms with Crippen LogP contribution >= 0.6 is 22.6 Å². The van der Waals surface area contributed by atoms with E-state index in [-0.39, 0.29) is 0 Å². The Morgan fingerprint density at radius 3 is 2.30 bits per heavy atom. The lowest BCUT2D eigenvalue weighted by Gasteiger charge is -2.04. The summed E-state index contributed by atoms with van der Waals surface area (Å²) in [5.74, 6) is 0. The van der Waals surface area contributed by atoms with Crippen molar-refractivity contribution in [3.63, 3.8) is 0 Å². The van der Waals surface area contributed by atoms with Gasteiger partial charge in [-0.15, -0.1) is 0 Å². The van der Waals surface area contributed by atoms with E-state index < -0.39 is 0 Å². The first kappa shape index (κ1) is 12.0. The molecule has 0 amide bonds. The standard InChI is InChI=1S/C18H12IN/c19-13-10-8-12(9-11-13)14-5-3-6-16-15-4-1-2-7-17(15)20-18(14)16/h1-11,20H. The van der Waals surface area contributed by atoms with E-state index in [1.807, 2.05) is 0 Å². The van der Waals surface area contributed by atoms with Crippen LogP contribution in [0.15, 0.2) is 66.7 Å². The van der Waals surface area contributed by atoms with Gasteiger partial charge in [-0.25, -0.2) is 0 Å². The fraction of sp³-hybridized carbons (Fsp3) is 0. The van der Waals surface area contributed by atoms with Gasteiger partial charge < -0.3 is 4.98 Å². The van der Waals surface area contributed by atoms with Crippen LogP contribution in [0.1, 0.15) is 0 Å². The fourth-order valence-electron chi connectivity index (χ4n) is 2.74. The summed E-state index contributed by atoms with van der Waals surface area (Å²) in [6.45, 7) is 0. The van der Waals surface area contributed by atoms with E-state index in [1.54, 1.807) is 0 Å².